The lowest BCUT2D eigenvalue weighted by atomic mass is 9.89. The minimum Gasteiger partial charge on any atom is -0.311 e. The largest absolute Gasteiger partial charge is 0.311 e. The van der Waals surface area contributed by atoms with Crippen molar-refractivity contribution in [3.8, 4) is 0 Å². The van der Waals surface area contributed by atoms with E-state index < -0.39 is 0 Å². The Kier molecular flexibility index (Phi) is 13.5. The molecule has 5 atom stereocenters. The Morgan fingerprint density at radius 1 is 0.500 bits per heavy atom. The second-order valence-electron chi connectivity index (χ2n) is 14.9. The van der Waals surface area contributed by atoms with Crippen molar-refractivity contribution >= 4 is 0 Å². The number of rotatable bonds is 2. The van der Waals surface area contributed by atoms with Crippen LogP contribution in [0.3, 0.4) is 0 Å². The quantitative estimate of drug-likeness (QED) is 0.185. The molecule has 4 aliphatic heterocycles. The first-order chi connectivity index (χ1) is 23.6. The van der Waals surface area contributed by atoms with Crippen LogP contribution in [0, 0.1) is 6.92 Å². The molecule has 6 heteroatoms. The van der Waals surface area contributed by atoms with Crippen LogP contribution in [-0.2, 0) is 39.3 Å². The summed E-state index contributed by atoms with van der Waals surface area (Å²) in [4.78, 5) is 0. The maximum Gasteiger partial charge on any atom is 0.0224 e. The van der Waals surface area contributed by atoms with Crippen molar-refractivity contribution in [2.24, 2.45) is 0 Å². The van der Waals surface area contributed by atoms with Crippen molar-refractivity contribution in [2.45, 2.75) is 148 Å². The molecule has 260 valence electrons. The molecule has 0 spiro atoms. The van der Waals surface area contributed by atoms with Crippen molar-refractivity contribution in [3.05, 3.63) is 106 Å². The first-order valence-corrected chi connectivity index (χ1v) is 19.2. The van der Waals surface area contributed by atoms with E-state index in [-0.39, 0.29) is 0 Å². The van der Waals surface area contributed by atoms with Gasteiger partial charge >= 0.3 is 0 Å². The van der Waals surface area contributed by atoms with E-state index in [9.17, 15) is 0 Å². The topological polar surface area (TPSA) is 72.2 Å². The summed E-state index contributed by atoms with van der Waals surface area (Å²) in [6.45, 7) is 11.1. The van der Waals surface area contributed by atoms with Crippen molar-refractivity contribution in [1.29, 1.82) is 0 Å². The molecule has 3 aromatic carbocycles. The summed E-state index contributed by atoms with van der Waals surface area (Å²) in [6, 6.07) is 28.1. The molecule has 2 saturated carbocycles. The molecule has 0 aromatic heterocycles. The fraction of sp³-hybridized carbons (Fsp3) is 0.571. The average molecular weight is 651 g/mol. The van der Waals surface area contributed by atoms with Gasteiger partial charge in [-0.05, 0) is 78.0 Å². The van der Waals surface area contributed by atoms with Crippen LogP contribution in [0.15, 0.2) is 66.7 Å². The van der Waals surface area contributed by atoms with Gasteiger partial charge in [0, 0.05) is 76.0 Å². The molecule has 2 aliphatic carbocycles. The van der Waals surface area contributed by atoms with Gasteiger partial charge in [0.2, 0.25) is 0 Å². The van der Waals surface area contributed by atoms with E-state index in [1.165, 1.54) is 103 Å². The Hall–Kier alpha value is -2.58. The Balaban J connectivity index is 1.13. The minimum atomic E-state index is 0.464. The monoisotopic (exact) mass is 651 g/mol. The highest BCUT2D eigenvalue weighted by Gasteiger charge is 2.25. The van der Waals surface area contributed by atoms with E-state index in [4.69, 9.17) is 0 Å². The highest BCUT2D eigenvalue weighted by atomic mass is 15.0. The second-order valence-corrected chi connectivity index (χ2v) is 14.9. The van der Waals surface area contributed by atoms with Crippen LogP contribution in [0.2, 0.25) is 0 Å². The van der Waals surface area contributed by atoms with Crippen molar-refractivity contribution < 1.29 is 0 Å². The molecular weight excluding hydrogens is 589 g/mol. The summed E-state index contributed by atoms with van der Waals surface area (Å²) in [6.07, 6.45) is 12.6. The second kappa shape index (κ2) is 18.4. The molecule has 0 saturated heterocycles. The lowest BCUT2D eigenvalue weighted by Gasteiger charge is -2.33. The van der Waals surface area contributed by atoms with Crippen LogP contribution >= 0.6 is 0 Å². The van der Waals surface area contributed by atoms with Crippen LogP contribution < -0.4 is 31.9 Å². The van der Waals surface area contributed by atoms with Gasteiger partial charge in [-0.3, -0.25) is 0 Å². The third kappa shape index (κ3) is 10.5. The van der Waals surface area contributed by atoms with Gasteiger partial charge < -0.3 is 31.9 Å². The van der Waals surface area contributed by atoms with E-state index in [2.05, 4.69) is 112 Å². The van der Waals surface area contributed by atoms with Gasteiger partial charge in [-0.1, -0.05) is 106 Å². The maximum absolute atomic E-state index is 3.96. The van der Waals surface area contributed by atoms with E-state index in [0.717, 1.165) is 45.8 Å². The summed E-state index contributed by atoms with van der Waals surface area (Å²) in [5.41, 5.74) is 9.66. The zero-order valence-electron chi connectivity index (χ0n) is 29.8. The zero-order valence-corrected chi connectivity index (χ0v) is 29.8. The number of benzene rings is 3. The molecule has 3 aromatic rings. The predicted molar refractivity (Wildman–Crippen MR) is 201 cm³/mol. The molecule has 0 radical (unpaired) electrons. The van der Waals surface area contributed by atoms with E-state index in [1.54, 1.807) is 0 Å². The number of aryl methyl sites for hydroxylation is 1. The minimum absolute atomic E-state index is 0.464. The fourth-order valence-corrected chi connectivity index (χ4v) is 8.12. The molecule has 6 aliphatic rings. The van der Waals surface area contributed by atoms with Gasteiger partial charge in [-0.2, -0.15) is 0 Å². The smallest absolute Gasteiger partial charge is 0.0224 e. The van der Waals surface area contributed by atoms with E-state index >= 15 is 0 Å². The number of hydrogen-bond acceptors (Lipinski definition) is 6. The highest BCUT2D eigenvalue weighted by Crippen LogP contribution is 2.22. The van der Waals surface area contributed by atoms with Gasteiger partial charge in [0.05, 0.1) is 0 Å². The zero-order chi connectivity index (χ0) is 33.0. The molecule has 9 rings (SSSR count). The van der Waals surface area contributed by atoms with Crippen LogP contribution in [0.25, 0.3) is 0 Å². The van der Waals surface area contributed by atoms with Crippen LogP contribution in [0.1, 0.15) is 110 Å². The molecule has 4 heterocycles. The van der Waals surface area contributed by atoms with Crippen LogP contribution in [0.4, 0.5) is 0 Å². The predicted octanol–water partition coefficient (Wildman–Crippen LogP) is 6.74. The van der Waals surface area contributed by atoms with Crippen molar-refractivity contribution in [1.82, 2.24) is 31.9 Å². The highest BCUT2D eigenvalue weighted by molar-refractivity contribution is 5.31. The summed E-state index contributed by atoms with van der Waals surface area (Å²) in [5, 5.41) is 23.3. The standard InChI is InChI=1S/C42H62N6/c1-3-8-38-30-43-24-32-13-15-33(16-14-32)25-45-39-9-4-5-10-40(39)46-26-34-17-19-35(20-18-34)27-47-41-11-6-7-12-42(41)48-29-37-22-21-36(28-44-38)23-31(37)2/h13-23,38-48H,3-12,24-30H2,1-2H3. The number of hydrogen-bond donors (Lipinski definition) is 6. The first kappa shape index (κ1) is 35.3. The summed E-state index contributed by atoms with van der Waals surface area (Å²) >= 11 is 0. The maximum atomic E-state index is 3.96. The van der Waals surface area contributed by atoms with Crippen LogP contribution in [-0.4, -0.2) is 36.8 Å². The Morgan fingerprint density at radius 2 is 0.917 bits per heavy atom. The first-order valence-electron chi connectivity index (χ1n) is 19.2. The van der Waals surface area contributed by atoms with E-state index in [0.29, 0.717) is 30.2 Å². The summed E-state index contributed by atoms with van der Waals surface area (Å²) in [7, 11) is 0. The molecule has 0 amide bonds. The Labute approximate surface area is 291 Å². The van der Waals surface area contributed by atoms with Gasteiger partial charge in [0.1, 0.15) is 0 Å². The van der Waals surface area contributed by atoms with Gasteiger partial charge in [-0.15, -0.1) is 0 Å². The van der Waals surface area contributed by atoms with Gasteiger partial charge in [-0.25, -0.2) is 0 Å². The fourth-order valence-electron chi connectivity index (χ4n) is 8.12. The SMILES string of the molecule is CCCC1CNCc2ccc(cc2)CNC2CCCCC2NCc2ccc(cc2)CNC2CCCCC2NCc2ccc(cc2C)CN1. The van der Waals surface area contributed by atoms with E-state index in [1.807, 2.05) is 0 Å². The molecule has 6 bridgehead atoms. The molecule has 5 unspecified atom stereocenters. The average Bonchev–Trinajstić information content (AvgIpc) is 3.12. The molecule has 48 heavy (non-hydrogen) atoms. The van der Waals surface area contributed by atoms with Gasteiger partial charge in [0.15, 0.2) is 0 Å². The number of fused-ring (bicyclic) bond motifs is 3. The molecular formula is C42H62N6. The Morgan fingerprint density at radius 3 is 1.38 bits per heavy atom. The lowest BCUT2D eigenvalue weighted by molar-refractivity contribution is 0.280. The lowest BCUT2D eigenvalue weighted by Crippen LogP contribution is -2.49. The summed E-state index contributed by atoms with van der Waals surface area (Å²) < 4.78 is 0. The molecule has 6 nitrogen and oxygen atoms in total. The van der Waals surface area contributed by atoms with Crippen molar-refractivity contribution in [2.75, 3.05) is 6.54 Å². The Bertz CT molecular complexity index is 1370. The van der Waals surface area contributed by atoms with Crippen molar-refractivity contribution in [3.63, 3.8) is 0 Å². The normalized spacial score (nSPS) is 26.8. The molecule has 2 fully saturated rings. The van der Waals surface area contributed by atoms with Gasteiger partial charge in [0.25, 0.3) is 0 Å². The molecule has 6 N–H and O–H groups in total. The number of nitrogens with one attached hydrogen (secondary N) is 6. The third-order valence-electron chi connectivity index (χ3n) is 11.2. The van der Waals surface area contributed by atoms with Crippen LogP contribution in [0.5, 0.6) is 0 Å². The third-order valence-corrected chi connectivity index (χ3v) is 11.2. The summed E-state index contributed by atoms with van der Waals surface area (Å²) in [5.74, 6) is 0.